The number of benzene rings is 1. The largest absolute Gasteiger partial charge is 0.416 e. The highest BCUT2D eigenvalue weighted by atomic mass is 19.4. The molecule has 0 aliphatic carbocycles. The molecule has 1 unspecified atom stereocenters. The van der Waals surface area contributed by atoms with Crippen molar-refractivity contribution < 1.29 is 17.7 Å². The van der Waals surface area contributed by atoms with E-state index < -0.39 is 11.7 Å². The maximum Gasteiger partial charge on any atom is 0.416 e. The summed E-state index contributed by atoms with van der Waals surface area (Å²) >= 11 is 0. The van der Waals surface area contributed by atoms with Gasteiger partial charge >= 0.3 is 6.18 Å². The minimum absolute atomic E-state index is 0.184. The Hall–Kier alpha value is -1.89. The zero-order valence-electron chi connectivity index (χ0n) is 11.4. The van der Waals surface area contributed by atoms with Crippen LogP contribution in [-0.2, 0) is 11.6 Å². The SMILES string of the molecule is CC1(c2nc(-c3cccc(C(F)(F)F)c3)no2)CCNC1. The predicted molar refractivity (Wildman–Crippen MR) is 69.6 cm³/mol. The summed E-state index contributed by atoms with van der Waals surface area (Å²) in [5.41, 5.74) is -0.679. The summed E-state index contributed by atoms with van der Waals surface area (Å²) in [4.78, 5) is 4.27. The first-order valence-electron chi connectivity index (χ1n) is 6.61. The summed E-state index contributed by atoms with van der Waals surface area (Å²) in [6, 6.07) is 4.93. The fourth-order valence-corrected chi connectivity index (χ4v) is 2.42. The van der Waals surface area contributed by atoms with Gasteiger partial charge in [-0.3, -0.25) is 0 Å². The first kappa shape index (κ1) is 14.1. The monoisotopic (exact) mass is 297 g/mol. The molecule has 4 nitrogen and oxygen atoms in total. The summed E-state index contributed by atoms with van der Waals surface area (Å²) < 4.78 is 43.4. The molecule has 1 aliphatic rings. The molecule has 2 aromatic rings. The number of alkyl halides is 3. The Labute approximate surface area is 119 Å². The summed E-state index contributed by atoms with van der Waals surface area (Å²) in [5.74, 6) is 0.643. The summed E-state index contributed by atoms with van der Waals surface area (Å²) in [6.45, 7) is 3.57. The number of hydrogen-bond donors (Lipinski definition) is 1. The second-order valence-corrected chi connectivity index (χ2v) is 5.49. The van der Waals surface area contributed by atoms with Crippen LogP contribution in [0.1, 0.15) is 24.8 Å². The van der Waals surface area contributed by atoms with E-state index in [1.165, 1.54) is 6.07 Å². The van der Waals surface area contributed by atoms with Gasteiger partial charge in [-0.05, 0) is 32.0 Å². The molecule has 1 saturated heterocycles. The Morgan fingerprint density at radius 1 is 1.33 bits per heavy atom. The van der Waals surface area contributed by atoms with Crippen LogP contribution in [0, 0.1) is 0 Å². The van der Waals surface area contributed by atoms with E-state index in [4.69, 9.17) is 4.52 Å². The molecule has 0 bridgehead atoms. The van der Waals surface area contributed by atoms with Gasteiger partial charge in [-0.25, -0.2) is 0 Å². The molecule has 1 aromatic carbocycles. The van der Waals surface area contributed by atoms with Crippen LogP contribution < -0.4 is 5.32 Å². The Morgan fingerprint density at radius 3 is 2.81 bits per heavy atom. The fourth-order valence-electron chi connectivity index (χ4n) is 2.42. The van der Waals surface area contributed by atoms with Gasteiger partial charge in [0.15, 0.2) is 0 Å². The fraction of sp³-hybridized carbons (Fsp3) is 0.429. The molecule has 2 heterocycles. The summed E-state index contributed by atoms with van der Waals surface area (Å²) in [6.07, 6.45) is -3.53. The number of aromatic nitrogens is 2. The lowest BCUT2D eigenvalue weighted by molar-refractivity contribution is -0.137. The van der Waals surface area contributed by atoms with Crippen LogP contribution in [0.5, 0.6) is 0 Å². The lowest BCUT2D eigenvalue weighted by atomic mass is 9.90. The smallest absolute Gasteiger partial charge is 0.338 e. The summed E-state index contributed by atoms with van der Waals surface area (Å²) in [5, 5.41) is 7.03. The van der Waals surface area contributed by atoms with Crippen LogP contribution in [-0.4, -0.2) is 23.2 Å². The van der Waals surface area contributed by atoms with Gasteiger partial charge in [-0.2, -0.15) is 18.2 Å². The molecule has 112 valence electrons. The van der Waals surface area contributed by atoms with Gasteiger partial charge in [0.1, 0.15) is 0 Å². The van der Waals surface area contributed by atoms with Gasteiger partial charge in [-0.15, -0.1) is 0 Å². The number of hydrogen-bond acceptors (Lipinski definition) is 4. The second kappa shape index (κ2) is 4.84. The third-order valence-corrected chi connectivity index (χ3v) is 3.76. The average molecular weight is 297 g/mol. The quantitative estimate of drug-likeness (QED) is 0.926. The molecule has 1 aliphatic heterocycles. The van der Waals surface area contributed by atoms with Crippen molar-refractivity contribution in [2.75, 3.05) is 13.1 Å². The van der Waals surface area contributed by atoms with Crippen molar-refractivity contribution in [3.8, 4) is 11.4 Å². The minimum Gasteiger partial charge on any atom is -0.338 e. The van der Waals surface area contributed by atoms with Gasteiger partial charge in [0.25, 0.3) is 0 Å². The normalized spacial score (nSPS) is 22.7. The van der Waals surface area contributed by atoms with E-state index in [0.717, 1.165) is 31.6 Å². The Balaban J connectivity index is 1.93. The van der Waals surface area contributed by atoms with E-state index in [-0.39, 0.29) is 11.2 Å². The zero-order valence-corrected chi connectivity index (χ0v) is 11.4. The molecule has 1 atom stereocenters. The van der Waals surface area contributed by atoms with Gasteiger partial charge in [0.2, 0.25) is 11.7 Å². The molecule has 1 fully saturated rings. The third-order valence-electron chi connectivity index (χ3n) is 3.76. The highest BCUT2D eigenvalue weighted by molar-refractivity contribution is 5.55. The summed E-state index contributed by atoms with van der Waals surface area (Å²) in [7, 11) is 0. The van der Waals surface area contributed by atoms with Gasteiger partial charge in [0, 0.05) is 12.1 Å². The van der Waals surface area contributed by atoms with E-state index in [1.807, 2.05) is 6.92 Å². The van der Waals surface area contributed by atoms with E-state index in [2.05, 4.69) is 15.5 Å². The van der Waals surface area contributed by atoms with E-state index in [1.54, 1.807) is 6.07 Å². The van der Waals surface area contributed by atoms with Crippen LogP contribution in [0.15, 0.2) is 28.8 Å². The van der Waals surface area contributed by atoms with Crippen LogP contribution in [0.25, 0.3) is 11.4 Å². The number of rotatable bonds is 2. The molecule has 0 radical (unpaired) electrons. The van der Waals surface area contributed by atoms with Crippen molar-refractivity contribution in [1.29, 1.82) is 0 Å². The maximum absolute atomic E-state index is 12.7. The zero-order chi connectivity index (χ0) is 15.1. The van der Waals surface area contributed by atoms with Crippen LogP contribution in [0.2, 0.25) is 0 Å². The van der Waals surface area contributed by atoms with Crippen LogP contribution >= 0.6 is 0 Å². The number of nitrogens with one attached hydrogen (secondary N) is 1. The van der Waals surface area contributed by atoms with Crippen molar-refractivity contribution in [3.05, 3.63) is 35.7 Å². The van der Waals surface area contributed by atoms with Crippen molar-refractivity contribution in [2.24, 2.45) is 0 Å². The molecule has 7 heteroatoms. The average Bonchev–Trinajstić information content (AvgIpc) is 3.07. The molecule has 1 N–H and O–H groups in total. The molecular formula is C14H14F3N3O. The Bertz CT molecular complexity index is 645. The van der Waals surface area contributed by atoms with Crippen molar-refractivity contribution in [1.82, 2.24) is 15.5 Å². The van der Waals surface area contributed by atoms with Crippen molar-refractivity contribution >= 4 is 0 Å². The first-order chi connectivity index (χ1) is 9.88. The van der Waals surface area contributed by atoms with Gasteiger partial charge in [0.05, 0.1) is 11.0 Å². The highest BCUT2D eigenvalue weighted by Crippen LogP contribution is 2.33. The number of nitrogens with zero attached hydrogens (tertiary/aromatic N) is 2. The lowest BCUT2D eigenvalue weighted by Crippen LogP contribution is -2.25. The molecule has 3 rings (SSSR count). The van der Waals surface area contributed by atoms with Crippen molar-refractivity contribution in [3.63, 3.8) is 0 Å². The third kappa shape index (κ3) is 2.65. The molecule has 0 spiro atoms. The molecule has 0 saturated carbocycles. The molecule has 1 aromatic heterocycles. The van der Waals surface area contributed by atoms with Crippen LogP contribution in [0.4, 0.5) is 13.2 Å². The van der Waals surface area contributed by atoms with Gasteiger partial charge in [-0.1, -0.05) is 17.3 Å². The van der Waals surface area contributed by atoms with E-state index in [9.17, 15) is 13.2 Å². The molecule has 0 amide bonds. The van der Waals surface area contributed by atoms with E-state index in [0.29, 0.717) is 11.5 Å². The standard InChI is InChI=1S/C14H14F3N3O/c1-13(5-6-18-8-13)12-19-11(20-21-12)9-3-2-4-10(7-9)14(15,16)17/h2-4,7,18H,5-6,8H2,1H3. The van der Waals surface area contributed by atoms with Crippen LogP contribution in [0.3, 0.4) is 0 Å². The van der Waals surface area contributed by atoms with Gasteiger partial charge < -0.3 is 9.84 Å². The predicted octanol–water partition coefficient (Wildman–Crippen LogP) is 3.01. The number of halogens is 3. The molecule has 21 heavy (non-hydrogen) atoms. The molecular weight excluding hydrogens is 283 g/mol. The Kier molecular flexibility index (Phi) is 3.24. The van der Waals surface area contributed by atoms with Crippen molar-refractivity contribution in [2.45, 2.75) is 24.9 Å². The lowest BCUT2D eigenvalue weighted by Gasteiger charge is -2.15. The minimum atomic E-state index is -4.38. The second-order valence-electron chi connectivity index (χ2n) is 5.49. The maximum atomic E-state index is 12.7. The topological polar surface area (TPSA) is 51.0 Å². The van der Waals surface area contributed by atoms with E-state index >= 15 is 0 Å². The first-order valence-corrected chi connectivity index (χ1v) is 6.61. The highest BCUT2D eigenvalue weighted by Gasteiger charge is 2.36. The Morgan fingerprint density at radius 2 is 2.14 bits per heavy atom.